The van der Waals surface area contributed by atoms with Gasteiger partial charge in [0.15, 0.2) is 0 Å². The number of ether oxygens (including phenoxy) is 1. The molecule has 10 heteroatoms. The van der Waals surface area contributed by atoms with Crippen molar-refractivity contribution in [2.24, 2.45) is 0 Å². The summed E-state index contributed by atoms with van der Waals surface area (Å²) >= 11 is 0. The van der Waals surface area contributed by atoms with Crippen molar-refractivity contribution in [3.8, 4) is 0 Å². The van der Waals surface area contributed by atoms with Crippen LogP contribution in [0.1, 0.15) is 19.6 Å². The zero-order chi connectivity index (χ0) is 21.4. The highest BCUT2D eigenvalue weighted by molar-refractivity contribution is 7.89. The Balaban J connectivity index is 2.30. The molecule has 1 aromatic carbocycles. The van der Waals surface area contributed by atoms with E-state index < -0.39 is 27.0 Å². The Morgan fingerprint density at radius 2 is 2.00 bits per heavy atom. The second-order valence-electron chi connectivity index (χ2n) is 6.11. The maximum Gasteiger partial charge on any atom is 0.330 e. The number of nitrogens with zero attached hydrogens (tertiary/aromatic N) is 2. The van der Waals surface area contributed by atoms with Crippen molar-refractivity contribution < 1.29 is 27.3 Å². The number of benzene rings is 1. The Kier molecular flexibility index (Phi) is 7.68. The molecule has 0 fully saturated rings. The number of nitro groups is 1. The Morgan fingerprint density at radius 3 is 2.55 bits per heavy atom. The molecule has 0 aliphatic rings. The van der Waals surface area contributed by atoms with Crippen LogP contribution in [0.2, 0.25) is 0 Å². The quantitative estimate of drug-likeness (QED) is 0.250. The molecule has 1 aromatic heterocycles. The van der Waals surface area contributed by atoms with Crippen LogP contribution in [0.25, 0.3) is 0 Å². The highest BCUT2D eigenvalue weighted by Crippen LogP contribution is 2.23. The molecule has 0 aliphatic carbocycles. The predicted octanol–water partition coefficient (Wildman–Crippen LogP) is 2.93. The summed E-state index contributed by atoms with van der Waals surface area (Å²) in [5, 5.41) is 10.8. The lowest BCUT2D eigenvalue weighted by atomic mass is 10.2. The molecule has 0 bridgehead atoms. The lowest BCUT2D eigenvalue weighted by Crippen LogP contribution is -2.40. The van der Waals surface area contributed by atoms with Crippen LogP contribution in [0, 0.1) is 10.1 Å². The molecule has 1 unspecified atom stereocenters. The molecule has 156 valence electrons. The first-order chi connectivity index (χ1) is 13.8. The van der Waals surface area contributed by atoms with Crippen molar-refractivity contribution in [1.82, 2.24) is 4.31 Å². The third-order valence-electron chi connectivity index (χ3n) is 4.05. The third kappa shape index (κ3) is 6.00. The van der Waals surface area contributed by atoms with E-state index >= 15 is 0 Å². The number of rotatable bonds is 10. The van der Waals surface area contributed by atoms with Gasteiger partial charge in [0, 0.05) is 37.2 Å². The summed E-state index contributed by atoms with van der Waals surface area (Å²) in [5.41, 5.74) is -0.207. The van der Waals surface area contributed by atoms with Gasteiger partial charge in [0.2, 0.25) is 10.0 Å². The second-order valence-corrected chi connectivity index (χ2v) is 8.00. The minimum Gasteiger partial charge on any atom is -0.469 e. The van der Waals surface area contributed by atoms with E-state index in [1.807, 2.05) is 0 Å². The Labute approximate surface area is 168 Å². The highest BCUT2D eigenvalue weighted by atomic mass is 32.2. The molecule has 9 nitrogen and oxygen atoms in total. The average molecular weight is 422 g/mol. The zero-order valence-corrected chi connectivity index (χ0v) is 16.9. The molecule has 0 saturated heterocycles. The fraction of sp³-hybridized carbons (Fsp3) is 0.316. The van der Waals surface area contributed by atoms with Gasteiger partial charge in [-0.15, -0.1) is 0 Å². The molecule has 0 saturated carbocycles. The molecule has 0 radical (unpaired) electrons. The Morgan fingerprint density at radius 1 is 1.31 bits per heavy atom. The lowest BCUT2D eigenvalue weighted by Gasteiger charge is -2.27. The maximum atomic E-state index is 13.2. The van der Waals surface area contributed by atoms with Crippen LogP contribution in [-0.4, -0.2) is 42.8 Å². The maximum absolute atomic E-state index is 13.2. The number of non-ortho nitro benzene ring substituents is 1. The molecule has 2 rings (SSSR count). The number of esters is 1. The van der Waals surface area contributed by atoms with Gasteiger partial charge in [0.1, 0.15) is 5.76 Å². The van der Waals surface area contributed by atoms with Crippen molar-refractivity contribution in [3.05, 3.63) is 70.7 Å². The first-order valence-corrected chi connectivity index (χ1v) is 10.3. The fourth-order valence-corrected chi connectivity index (χ4v) is 4.24. The van der Waals surface area contributed by atoms with Gasteiger partial charge < -0.3 is 9.15 Å². The van der Waals surface area contributed by atoms with Crippen LogP contribution < -0.4 is 0 Å². The normalized spacial score (nSPS) is 12.9. The smallest absolute Gasteiger partial charge is 0.330 e. The SMILES string of the molecule is CCOC(=O)/C=C/CN(C(C)Cc1ccco1)S(=O)(=O)c1ccc([N+](=O)[O-])cc1. The molecule has 0 N–H and O–H groups in total. The minimum absolute atomic E-state index is 0.0833. The van der Waals surface area contributed by atoms with E-state index in [0.29, 0.717) is 12.2 Å². The summed E-state index contributed by atoms with van der Waals surface area (Å²) in [6.07, 6.45) is 4.38. The van der Waals surface area contributed by atoms with Crippen LogP contribution in [0.5, 0.6) is 0 Å². The number of hydrogen-bond donors (Lipinski definition) is 0. The van der Waals surface area contributed by atoms with Crippen molar-refractivity contribution in [1.29, 1.82) is 0 Å². The van der Waals surface area contributed by atoms with Gasteiger partial charge >= 0.3 is 5.97 Å². The largest absolute Gasteiger partial charge is 0.469 e. The van der Waals surface area contributed by atoms with E-state index in [-0.39, 0.29) is 23.7 Å². The lowest BCUT2D eigenvalue weighted by molar-refractivity contribution is -0.384. The molecule has 0 amide bonds. The summed E-state index contributed by atoms with van der Waals surface area (Å²) < 4.78 is 37.6. The van der Waals surface area contributed by atoms with E-state index in [9.17, 15) is 23.3 Å². The first kappa shape index (κ1) is 22.3. The van der Waals surface area contributed by atoms with E-state index in [4.69, 9.17) is 9.15 Å². The van der Waals surface area contributed by atoms with Crippen LogP contribution in [0.15, 0.2) is 64.1 Å². The number of nitro benzene ring substituents is 1. The number of carbonyl (C=O) groups excluding carboxylic acids is 1. The molecule has 1 heterocycles. The molecular formula is C19H22N2O7S. The monoisotopic (exact) mass is 422 g/mol. The van der Waals surface area contributed by atoms with Gasteiger partial charge in [-0.2, -0.15) is 4.31 Å². The summed E-state index contributed by atoms with van der Waals surface area (Å²) in [6.45, 7) is 3.51. The molecule has 1 atom stereocenters. The summed E-state index contributed by atoms with van der Waals surface area (Å²) in [5.74, 6) is 0.0367. The molecule has 29 heavy (non-hydrogen) atoms. The summed E-state index contributed by atoms with van der Waals surface area (Å²) in [4.78, 5) is 21.7. The Hall–Kier alpha value is -2.98. The highest BCUT2D eigenvalue weighted by Gasteiger charge is 2.29. The number of furan rings is 1. The van der Waals surface area contributed by atoms with E-state index in [1.165, 1.54) is 34.9 Å². The van der Waals surface area contributed by atoms with Crippen LogP contribution >= 0.6 is 0 Å². The first-order valence-electron chi connectivity index (χ1n) is 8.87. The zero-order valence-electron chi connectivity index (χ0n) is 16.1. The standard InChI is InChI=1S/C19H22N2O7S/c1-3-27-19(22)7-4-12-20(15(2)14-17-6-5-13-28-17)29(25,26)18-10-8-16(9-11-18)21(23)24/h4-11,13,15H,3,12,14H2,1-2H3/b7-4+. The van der Waals surface area contributed by atoms with Gasteiger partial charge in [0.05, 0.1) is 22.7 Å². The second kappa shape index (κ2) is 9.99. The van der Waals surface area contributed by atoms with Crippen LogP contribution in [0.4, 0.5) is 5.69 Å². The molecule has 2 aromatic rings. The summed E-state index contributed by atoms with van der Waals surface area (Å²) in [6, 6.07) is 7.59. The molecular weight excluding hydrogens is 400 g/mol. The fourth-order valence-electron chi connectivity index (χ4n) is 2.66. The van der Waals surface area contributed by atoms with Gasteiger partial charge in [-0.25, -0.2) is 13.2 Å². The topological polar surface area (TPSA) is 120 Å². The van der Waals surface area contributed by atoms with Gasteiger partial charge in [-0.3, -0.25) is 10.1 Å². The number of sulfonamides is 1. The van der Waals surface area contributed by atoms with Gasteiger partial charge in [-0.05, 0) is 38.1 Å². The van der Waals surface area contributed by atoms with Crippen LogP contribution in [0.3, 0.4) is 0 Å². The molecule has 0 aliphatic heterocycles. The third-order valence-corrected chi connectivity index (χ3v) is 6.04. The van der Waals surface area contributed by atoms with Crippen LogP contribution in [-0.2, 0) is 26.0 Å². The van der Waals surface area contributed by atoms with Crippen molar-refractivity contribution >= 4 is 21.7 Å². The van der Waals surface area contributed by atoms with E-state index in [0.717, 1.165) is 12.1 Å². The van der Waals surface area contributed by atoms with Gasteiger partial charge in [-0.1, -0.05) is 6.08 Å². The minimum atomic E-state index is -3.99. The van der Waals surface area contributed by atoms with E-state index in [1.54, 1.807) is 26.0 Å². The van der Waals surface area contributed by atoms with Crippen molar-refractivity contribution in [2.75, 3.05) is 13.2 Å². The summed E-state index contributed by atoms with van der Waals surface area (Å²) in [7, 11) is -3.99. The van der Waals surface area contributed by atoms with Crippen molar-refractivity contribution in [3.63, 3.8) is 0 Å². The van der Waals surface area contributed by atoms with E-state index in [2.05, 4.69) is 0 Å². The van der Waals surface area contributed by atoms with Crippen molar-refractivity contribution in [2.45, 2.75) is 31.2 Å². The number of carbonyl (C=O) groups is 1. The average Bonchev–Trinajstić information content (AvgIpc) is 3.18. The number of hydrogen-bond acceptors (Lipinski definition) is 7. The molecule has 0 spiro atoms. The predicted molar refractivity (Wildman–Crippen MR) is 105 cm³/mol. The van der Waals surface area contributed by atoms with Gasteiger partial charge in [0.25, 0.3) is 5.69 Å². The Bertz CT molecular complexity index is 951.